The lowest BCUT2D eigenvalue weighted by atomic mass is 10.1. The number of benzene rings is 3. The van der Waals surface area contributed by atoms with Crippen LogP contribution in [0.15, 0.2) is 60.2 Å². The van der Waals surface area contributed by atoms with Crippen LogP contribution in [0.25, 0.3) is 6.08 Å². The predicted molar refractivity (Wildman–Crippen MR) is 131 cm³/mol. The molecule has 0 radical (unpaired) electrons. The molecule has 1 N–H and O–H groups in total. The largest absolute Gasteiger partial charge is 0.497 e. The number of amides is 1. The third kappa shape index (κ3) is 5.81. The Balaban J connectivity index is 1.88. The second kappa shape index (κ2) is 10.5. The molecule has 5 heteroatoms. The molecule has 1 amide bonds. The highest BCUT2D eigenvalue weighted by molar-refractivity contribution is 6.10. The average Bonchev–Trinajstić information content (AvgIpc) is 2.81. The van der Waals surface area contributed by atoms with E-state index in [0.29, 0.717) is 29.4 Å². The van der Waals surface area contributed by atoms with E-state index < -0.39 is 5.91 Å². The van der Waals surface area contributed by atoms with Crippen LogP contribution < -0.4 is 14.8 Å². The van der Waals surface area contributed by atoms with Crippen LogP contribution in [-0.2, 0) is 11.4 Å². The van der Waals surface area contributed by atoms with Crippen molar-refractivity contribution in [2.24, 2.45) is 0 Å². The molecule has 0 aliphatic heterocycles. The van der Waals surface area contributed by atoms with Crippen molar-refractivity contribution < 1.29 is 14.3 Å². The van der Waals surface area contributed by atoms with Gasteiger partial charge in [-0.05, 0) is 79.8 Å². The molecule has 5 nitrogen and oxygen atoms in total. The van der Waals surface area contributed by atoms with Crippen molar-refractivity contribution in [2.45, 2.75) is 34.3 Å². The molecule has 0 heterocycles. The van der Waals surface area contributed by atoms with Crippen LogP contribution in [0.1, 0.15) is 33.4 Å². The average molecular weight is 441 g/mol. The molecule has 0 aliphatic carbocycles. The number of hydrogen-bond donors (Lipinski definition) is 1. The number of methoxy groups -OCH3 is 1. The molecular formula is C28H28N2O3. The molecule has 0 aliphatic rings. The molecule has 0 saturated heterocycles. The molecule has 0 spiro atoms. The zero-order valence-corrected chi connectivity index (χ0v) is 19.7. The minimum atomic E-state index is -0.470. The van der Waals surface area contributed by atoms with E-state index in [-0.39, 0.29) is 5.57 Å². The summed E-state index contributed by atoms with van der Waals surface area (Å²) < 4.78 is 11.4. The number of nitriles is 1. The topological polar surface area (TPSA) is 71.3 Å². The number of hydrogen-bond acceptors (Lipinski definition) is 4. The van der Waals surface area contributed by atoms with Crippen LogP contribution in [0.4, 0.5) is 5.69 Å². The summed E-state index contributed by atoms with van der Waals surface area (Å²) in [5.74, 6) is 0.683. The molecule has 3 aromatic carbocycles. The van der Waals surface area contributed by atoms with Gasteiger partial charge < -0.3 is 14.8 Å². The van der Waals surface area contributed by atoms with Gasteiger partial charge in [-0.2, -0.15) is 5.26 Å². The Labute approximate surface area is 195 Å². The van der Waals surface area contributed by atoms with E-state index in [9.17, 15) is 10.1 Å². The Bertz CT molecular complexity index is 1250. The van der Waals surface area contributed by atoms with Gasteiger partial charge in [0.05, 0.1) is 7.11 Å². The smallest absolute Gasteiger partial charge is 0.266 e. The van der Waals surface area contributed by atoms with E-state index >= 15 is 0 Å². The summed E-state index contributed by atoms with van der Waals surface area (Å²) in [4.78, 5) is 12.8. The lowest BCUT2D eigenvalue weighted by Gasteiger charge is -2.13. The molecule has 0 bridgehead atoms. The maximum absolute atomic E-state index is 12.8. The summed E-state index contributed by atoms with van der Waals surface area (Å²) in [5.41, 5.74) is 6.75. The molecule has 0 unspecified atom stereocenters. The Morgan fingerprint density at radius 2 is 1.79 bits per heavy atom. The van der Waals surface area contributed by atoms with Crippen LogP contribution in [-0.4, -0.2) is 13.0 Å². The third-order valence-electron chi connectivity index (χ3n) is 5.70. The number of aryl methyl sites for hydroxylation is 3. The summed E-state index contributed by atoms with van der Waals surface area (Å²) in [6.45, 7) is 8.39. The van der Waals surface area contributed by atoms with Gasteiger partial charge in [0, 0.05) is 17.3 Å². The van der Waals surface area contributed by atoms with Crippen LogP contribution >= 0.6 is 0 Å². The van der Waals surface area contributed by atoms with E-state index in [1.54, 1.807) is 25.3 Å². The number of rotatable bonds is 7. The normalized spacial score (nSPS) is 11.0. The first-order valence-corrected chi connectivity index (χ1v) is 10.7. The standard InChI is InChI=1S/C28H28N2O3/c1-18-9-10-22(13-20(18)3)17-33-27-15-25(32-5)12-11-23(27)14-24(16-29)28(31)30-26-8-6-7-19(2)21(26)4/h6-15H,17H2,1-5H3,(H,30,31)/b24-14+. The molecule has 3 rings (SSSR count). The fraction of sp³-hybridized carbons (Fsp3) is 0.214. The first-order chi connectivity index (χ1) is 15.8. The summed E-state index contributed by atoms with van der Waals surface area (Å²) in [6.07, 6.45) is 1.54. The van der Waals surface area contributed by atoms with Gasteiger partial charge in [0.15, 0.2) is 0 Å². The van der Waals surface area contributed by atoms with E-state index in [2.05, 4.69) is 31.3 Å². The summed E-state index contributed by atoms with van der Waals surface area (Å²) >= 11 is 0. The van der Waals surface area contributed by atoms with Crippen molar-refractivity contribution >= 4 is 17.7 Å². The van der Waals surface area contributed by atoms with Crippen molar-refractivity contribution in [3.63, 3.8) is 0 Å². The second-order valence-corrected chi connectivity index (χ2v) is 7.98. The number of anilines is 1. The van der Waals surface area contributed by atoms with Gasteiger partial charge in [0.1, 0.15) is 29.7 Å². The third-order valence-corrected chi connectivity index (χ3v) is 5.70. The second-order valence-electron chi connectivity index (χ2n) is 7.98. The summed E-state index contributed by atoms with van der Waals surface area (Å²) in [5, 5.41) is 12.5. The van der Waals surface area contributed by atoms with Gasteiger partial charge >= 0.3 is 0 Å². The first kappa shape index (κ1) is 23.6. The van der Waals surface area contributed by atoms with Crippen LogP contribution in [0.3, 0.4) is 0 Å². The quantitative estimate of drug-likeness (QED) is 0.358. The Kier molecular flexibility index (Phi) is 7.53. The van der Waals surface area contributed by atoms with Gasteiger partial charge in [-0.15, -0.1) is 0 Å². The molecule has 0 aromatic heterocycles. The zero-order valence-electron chi connectivity index (χ0n) is 19.7. The Morgan fingerprint density at radius 1 is 1.00 bits per heavy atom. The monoisotopic (exact) mass is 440 g/mol. The van der Waals surface area contributed by atoms with Crippen LogP contribution in [0.2, 0.25) is 0 Å². The van der Waals surface area contributed by atoms with Crippen molar-refractivity contribution in [3.05, 3.63) is 93.6 Å². The highest BCUT2D eigenvalue weighted by Crippen LogP contribution is 2.28. The molecule has 0 atom stereocenters. The van der Waals surface area contributed by atoms with E-state index in [0.717, 1.165) is 16.7 Å². The van der Waals surface area contributed by atoms with Crippen LogP contribution in [0, 0.1) is 39.0 Å². The van der Waals surface area contributed by atoms with Gasteiger partial charge in [-0.3, -0.25) is 4.79 Å². The van der Waals surface area contributed by atoms with E-state index in [4.69, 9.17) is 9.47 Å². The SMILES string of the molecule is COc1ccc(/C=C(\C#N)C(=O)Nc2cccc(C)c2C)c(OCc2ccc(C)c(C)c2)c1. The van der Waals surface area contributed by atoms with E-state index in [1.807, 2.05) is 44.2 Å². The lowest BCUT2D eigenvalue weighted by molar-refractivity contribution is -0.112. The fourth-order valence-electron chi connectivity index (χ4n) is 3.32. The van der Waals surface area contributed by atoms with Crippen LogP contribution in [0.5, 0.6) is 11.5 Å². The summed E-state index contributed by atoms with van der Waals surface area (Å²) in [7, 11) is 1.58. The molecule has 33 heavy (non-hydrogen) atoms. The van der Waals surface area contributed by atoms with Crippen molar-refractivity contribution in [1.29, 1.82) is 5.26 Å². The van der Waals surface area contributed by atoms with Crippen molar-refractivity contribution in [2.75, 3.05) is 12.4 Å². The van der Waals surface area contributed by atoms with Gasteiger partial charge in [0.2, 0.25) is 0 Å². The van der Waals surface area contributed by atoms with Crippen molar-refractivity contribution in [3.8, 4) is 17.6 Å². The summed E-state index contributed by atoms with van der Waals surface area (Å²) in [6, 6.07) is 19.1. The molecular weight excluding hydrogens is 412 g/mol. The minimum Gasteiger partial charge on any atom is -0.497 e. The molecule has 0 saturated carbocycles. The number of nitrogens with zero attached hydrogens (tertiary/aromatic N) is 1. The maximum Gasteiger partial charge on any atom is 0.266 e. The Morgan fingerprint density at radius 3 is 2.48 bits per heavy atom. The molecule has 168 valence electrons. The number of carbonyl (C=O) groups is 1. The number of ether oxygens (including phenoxy) is 2. The van der Waals surface area contributed by atoms with Gasteiger partial charge in [-0.1, -0.05) is 30.3 Å². The van der Waals surface area contributed by atoms with Crippen molar-refractivity contribution in [1.82, 2.24) is 0 Å². The Hall–Kier alpha value is -4.04. The minimum absolute atomic E-state index is 0.0166. The zero-order chi connectivity index (χ0) is 24.0. The number of nitrogens with one attached hydrogen (secondary N) is 1. The predicted octanol–water partition coefficient (Wildman–Crippen LogP) is 6.05. The van der Waals surface area contributed by atoms with Gasteiger partial charge in [-0.25, -0.2) is 0 Å². The first-order valence-electron chi connectivity index (χ1n) is 10.7. The number of carbonyl (C=O) groups excluding carboxylic acids is 1. The van der Waals surface area contributed by atoms with Gasteiger partial charge in [0.25, 0.3) is 5.91 Å². The highest BCUT2D eigenvalue weighted by Gasteiger charge is 2.14. The van der Waals surface area contributed by atoms with E-state index in [1.165, 1.54) is 17.2 Å². The molecule has 3 aromatic rings. The lowest BCUT2D eigenvalue weighted by Crippen LogP contribution is -2.14. The maximum atomic E-state index is 12.8. The highest BCUT2D eigenvalue weighted by atomic mass is 16.5. The molecule has 0 fully saturated rings. The fourth-order valence-corrected chi connectivity index (χ4v) is 3.32.